The summed E-state index contributed by atoms with van der Waals surface area (Å²) in [5.41, 5.74) is 0.154. The van der Waals surface area contributed by atoms with E-state index in [0.29, 0.717) is 13.1 Å². The van der Waals surface area contributed by atoms with Crippen molar-refractivity contribution in [2.45, 2.75) is 13.3 Å². The summed E-state index contributed by atoms with van der Waals surface area (Å²) in [5.74, 6) is -1.11. The molecular formula is C14H19FN2O3. The van der Waals surface area contributed by atoms with Crippen molar-refractivity contribution < 1.29 is 18.7 Å². The molecule has 1 aromatic carbocycles. The van der Waals surface area contributed by atoms with Crippen molar-refractivity contribution in [1.82, 2.24) is 4.90 Å². The minimum atomic E-state index is -0.474. The maximum absolute atomic E-state index is 13.4. The maximum atomic E-state index is 13.4. The summed E-state index contributed by atoms with van der Waals surface area (Å²) in [5, 5.41) is 2.50. The smallest absolute Gasteiger partial charge is 0.306 e. The van der Waals surface area contributed by atoms with Gasteiger partial charge in [-0.2, -0.15) is 0 Å². The van der Waals surface area contributed by atoms with Gasteiger partial charge in [-0.3, -0.25) is 14.5 Å². The molecule has 0 fully saturated rings. The monoisotopic (exact) mass is 282 g/mol. The fourth-order valence-electron chi connectivity index (χ4n) is 1.66. The maximum Gasteiger partial charge on any atom is 0.306 e. The summed E-state index contributed by atoms with van der Waals surface area (Å²) in [6.45, 7) is 3.02. The number of anilines is 1. The molecule has 0 aliphatic carbocycles. The van der Waals surface area contributed by atoms with Gasteiger partial charge in [0.15, 0.2) is 0 Å². The molecule has 20 heavy (non-hydrogen) atoms. The molecule has 0 heterocycles. The molecule has 0 unspecified atom stereocenters. The molecule has 1 aromatic rings. The number of amides is 1. The van der Waals surface area contributed by atoms with Crippen LogP contribution >= 0.6 is 0 Å². The lowest BCUT2D eigenvalue weighted by molar-refractivity contribution is -0.141. The number of halogens is 1. The van der Waals surface area contributed by atoms with Gasteiger partial charge in [-0.1, -0.05) is 19.1 Å². The predicted octanol–water partition coefficient (Wildman–Crippen LogP) is 1.65. The Kier molecular flexibility index (Phi) is 6.66. The van der Waals surface area contributed by atoms with Crippen LogP contribution in [-0.2, 0) is 14.3 Å². The Hall–Kier alpha value is -1.95. The molecule has 0 saturated heterocycles. The first kappa shape index (κ1) is 16.1. The van der Waals surface area contributed by atoms with E-state index in [1.807, 2.05) is 6.92 Å². The number of esters is 1. The van der Waals surface area contributed by atoms with E-state index < -0.39 is 5.82 Å². The van der Waals surface area contributed by atoms with Crippen molar-refractivity contribution in [3.63, 3.8) is 0 Å². The highest BCUT2D eigenvalue weighted by Gasteiger charge is 2.12. The molecule has 5 nitrogen and oxygen atoms in total. The number of likely N-dealkylation sites (N-methyl/N-ethyl adjacent to an activating group) is 1. The van der Waals surface area contributed by atoms with Gasteiger partial charge in [0, 0.05) is 6.54 Å². The van der Waals surface area contributed by atoms with Crippen molar-refractivity contribution in [1.29, 1.82) is 0 Å². The SMILES string of the molecule is CCN(CCC(=O)OC)CC(=O)Nc1ccccc1F. The Morgan fingerprint density at radius 3 is 2.65 bits per heavy atom. The van der Waals surface area contributed by atoms with Gasteiger partial charge in [0.2, 0.25) is 5.91 Å². The van der Waals surface area contributed by atoms with Gasteiger partial charge in [0.1, 0.15) is 5.82 Å². The number of benzene rings is 1. The van der Waals surface area contributed by atoms with Gasteiger partial charge in [-0.25, -0.2) is 4.39 Å². The summed E-state index contributed by atoms with van der Waals surface area (Å²) < 4.78 is 17.9. The number of nitrogens with zero attached hydrogens (tertiary/aromatic N) is 1. The molecule has 0 aliphatic heterocycles. The molecule has 0 spiro atoms. The van der Waals surface area contributed by atoms with Crippen molar-refractivity contribution in [2.75, 3.05) is 32.1 Å². The average molecular weight is 282 g/mol. The second-order valence-electron chi connectivity index (χ2n) is 4.22. The number of hydrogen-bond donors (Lipinski definition) is 1. The van der Waals surface area contributed by atoms with E-state index in [1.165, 1.54) is 19.2 Å². The molecule has 0 radical (unpaired) electrons. The second-order valence-corrected chi connectivity index (χ2v) is 4.22. The lowest BCUT2D eigenvalue weighted by Crippen LogP contribution is -2.34. The van der Waals surface area contributed by atoms with Crippen LogP contribution in [0.3, 0.4) is 0 Å². The van der Waals surface area contributed by atoms with Crippen LogP contribution < -0.4 is 5.32 Å². The van der Waals surface area contributed by atoms with Crippen LogP contribution in [0.25, 0.3) is 0 Å². The van der Waals surface area contributed by atoms with Gasteiger partial charge in [-0.15, -0.1) is 0 Å². The lowest BCUT2D eigenvalue weighted by atomic mass is 10.3. The molecule has 1 rings (SSSR count). The van der Waals surface area contributed by atoms with Gasteiger partial charge in [0.25, 0.3) is 0 Å². The number of rotatable bonds is 7. The van der Waals surface area contributed by atoms with Crippen LogP contribution in [0.4, 0.5) is 10.1 Å². The Labute approximate surface area is 117 Å². The number of ether oxygens (including phenoxy) is 1. The highest BCUT2D eigenvalue weighted by molar-refractivity contribution is 5.92. The van der Waals surface area contributed by atoms with E-state index >= 15 is 0 Å². The third-order valence-corrected chi connectivity index (χ3v) is 2.82. The molecule has 0 atom stereocenters. The van der Waals surface area contributed by atoms with Gasteiger partial charge >= 0.3 is 5.97 Å². The van der Waals surface area contributed by atoms with Crippen molar-refractivity contribution >= 4 is 17.6 Å². The van der Waals surface area contributed by atoms with Crippen molar-refractivity contribution in [2.24, 2.45) is 0 Å². The van der Waals surface area contributed by atoms with E-state index in [1.54, 1.807) is 17.0 Å². The highest BCUT2D eigenvalue weighted by Crippen LogP contribution is 2.12. The topological polar surface area (TPSA) is 58.6 Å². The number of para-hydroxylation sites is 1. The third-order valence-electron chi connectivity index (χ3n) is 2.82. The van der Waals surface area contributed by atoms with Crippen LogP contribution in [0.5, 0.6) is 0 Å². The third kappa shape index (κ3) is 5.36. The number of hydrogen-bond acceptors (Lipinski definition) is 4. The number of methoxy groups -OCH3 is 1. The van der Waals surface area contributed by atoms with Crippen LogP contribution in [0.15, 0.2) is 24.3 Å². The fraction of sp³-hybridized carbons (Fsp3) is 0.429. The first-order chi connectivity index (χ1) is 9.56. The van der Waals surface area contributed by atoms with Crippen LogP contribution in [0.2, 0.25) is 0 Å². The predicted molar refractivity (Wildman–Crippen MR) is 73.8 cm³/mol. The zero-order chi connectivity index (χ0) is 15.0. The molecule has 1 amide bonds. The summed E-state index contributed by atoms with van der Waals surface area (Å²) in [6.07, 6.45) is 0.220. The second kappa shape index (κ2) is 8.27. The van der Waals surface area contributed by atoms with E-state index in [9.17, 15) is 14.0 Å². The van der Waals surface area contributed by atoms with Gasteiger partial charge in [0.05, 0.1) is 25.8 Å². The quantitative estimate of drug-likeness (QED) is 0.773. The first-order valence-electron chi connectivity index (χ1n) is 6.40. The van der Waals surface area contributed by atoms with Crippen LogP contribution in [-0.4, -0.2) is 43.5 Å². The van der Waals surface area contributed by atoms with E-state index in [2.05, 4.69) is 10.1 Å². The van der Waals surface area contributed by atoms with E-state index in [0.717, 1.165) is 0 Å². The number of nitrogens with one attached hydrogen (secondary N) is 1. The van der Waals surface area contributed by atoms with Crippen molar-refractivity contribution in [3.05, 3.63) is 30.1 Å². The molecule has 110 valence electrons. The fourth-order valence-corrected chi connectivity index (χ4v) is 1.66. The zero-order valence-corrected chi connectivity index (χ0v) is 11.7. The average Bonchev–Trinajstić information content (AvgIpc) is 2.45. The number of carbonyl (C=O) groups excluding carboxylic acids is 2. The molecule has 1 N–H and O–H groups in total. The summed E-state index contributed by atoms with van der Waals surface area (Å²) in [6, 6.07) is 5.98. The molecular weight excluding hydrogens is 263 g/mol. The molecule has 0 bridgehead atoms. The number of carbonyl (C=O) groups is 2. The van der Waals surface area contributed by atoms with Crippen LogP contribution in [0, 0.1) is 5.82 Å². The van der Waals surface area contributed by atoms with Gasteiger partial charge in [-0.05, 0) is 18.7 Å². The lowest BCUT2D eigenvalue weighted by Gasteiger charge is -2.19. The Balaban J connectivity index is 2.47. The zero-order valence-electron chi connectivity index (χ0n) is 11.7. The van der Waals surface area contributed by atoms with Gasteiger partial charge < -0.3 is 10.1 Å². The van der Waals surface area contributed by atoms with Crippen molar-refractivity contribution in [3.8, 4) is 0 Å². The standard InChI is InChI=1S/C14H19FN2O3/c1-3-17(9-8-14(19)20-2)10-13(18)16-12-7-5-4-6-11(12)15/h4-7H,3,8-10H2,1-2H3,(H,16,18). The summed E-state index contributed by atoms with van der Waals surface area (Å²) in [4.78, 5) is 24.7. The summed E-state index contributed by atoms with van der Waals surface area (Å²) in [7, 11) is 1.32. The summed E-state index contributed by atoms with van der Waals surface area (Å²) >= 11 is 0. The Morgan fingerprint density at radius 2 is 2.05 bits per heavy atom. The minimum absolute atomic E-state index is 0.0990. The van der Waals surface area contributed by atoms with Crippen LogP contribution in [0.1, 0.15) is 13.3 Å². The van der Waals surface area contributed by atoms with E-state index in [-0.39, 0.29) is 30.5 Å². The largest absolute Gasteiger partial charge is 0.469 e. The van der Waals surface area contributed by atoms with E-state index in [4.69, 9.17) is 0 Å². The normalized spacial score (nSPS) is 10.4. The highest BCUT2D eigenvalue weighted by atomic mass is 19.1. The molecule has 0 saturated carbocycles. The Bertz CT molecular complexity index is 465. The minimum Gasteiger partial charge on any atom is -0.469 e. The molecule has 0 aliphatic rings. The molecule has 6 heteroatoms. The molecule has 0 aromatic heterocycles. The Morgan fingerprint density at radius 1 is 1.35 bits per heavy atom. The first-order valence-corrected chi connectivity index (χ1v) is 6.40.